The molecule has 0 saturated heterocycles. The molecule has 17 heavy (non-hydrogen) atoms. The molecule has 0 heterocycles. The van der Waals surface area contributed by atoms with Gasteiger partial charge in [-0.3, -0.25) is 4.79 Å². The summed E-state index contributed by atoms with van der Waals surface area (Å²) < 4.78 is 13.5. The van der Waals surface area contributed by atoms with Crippen LogP contribution in [0.3, 0.4) is 0 Å². The lowest BCUT2D eigenvalue weighted by Gasteiger charge is -2.22. The van der Waals surface area contributed by atoms with Crippen LogP contribution in [0.25, 0.3) is 0 Å². The maximum Gasteiger partial charge on any atom is 0.254 e. The van der Waals surface area contributed by atoms with Crippen molar-refractivity contribution in [3.63, 3.8) is 0 Å². The van der Waals surface area contributed by atoms with Crippen LogP contribution in [0.1, 0.15) is 29.8 Å². The molecule has 0 aromatic heterocycles. The molecule has 0 saturated carbocycles. The van der Waals surface area contributed by atoms with E-state index in [1.165, 1.54) is 12.1 Å². The third-order valence-corrected chi connectivity index (χ3v) is 3.85. The lowest BCUT2D eigenvalue weighted by molar-refractivity contribution is 0.0947. The fourth-order valence-corrected chi connectivity index (χ4v) is 1.48. The number of benzene rings is 1. The average Bonchev–Trinajstić information content (AvgIpc) is 2.26. The molecule has 1 aromatic carbocycles. The Morgan fingerprint density at radius 2 is 2.12 bits per heavy atom. The van der Waals surface area contributed by atoms with Crippen LogP contribution in [0.2, 0.25) is 0 Å². The molecule has 1 aromatic rings. The minimum Gasteiger partial charge on any atom is -0.351 e. The number of halogens is 1. The SMILES string of the molecule is CSC(C)(C)CNC(=O)c1ccc(C)cc1F. The zero-order valence-electron chi connectivity index (χ0n) is 10.6. The maximum atomic E-state index is 13.5. The summed E-state index contributed by atoms with van der Waals surface area (Å²) in [7, 11) is 0. The van der Waals surface area contributed by atoms with E-state index >= 15 is 0 Å². The van der Waals surface area contributed by atoms with E-state index in [1.807, 2.05) is 20.1 Å². The molecule has 0 fully saturated rings. The van der Waals surface area contributed by atoms with Gasteiger partial charge >= 0.3 is 0 Å². The zero-order valence-corrected chi connectivity index (χ0v) is 11.5. The van der Waals surface area contributed by atoms with E-state index in [2.05, 4.69) is 5.32 Å². The molecule has 1 amide bonds. The summed E-state index contributed by atoms with van der Waals surface area (Å²) in [5.41, 5.74) is 0.913. The Labute approximate surface area is 106 Å². The van der Waals surface area contributed by atoms with Gasteiger partial charge in [-0.1, -0.05) is 6.07 Å². The van der Waals surface area contributed by atoms with Crippen molar-refractivity contribution < 1.29 is 9.18 Å². The molecule has 94 valence electrons. The van der Waals surface area contributed by atoms with Crippen molar-refractivity contribution in [1.29, 1.82) is 0 Å². The second kappa shape index (κ2) is 5.54. The van der Waals surface area contributed by atoms with Gasteiger partial charge in [0.2, 0.25) is 0 Å². The van der Waals surface area contributed by atoms with E-state index in [-0.39, 0.29) is 16.2 Å². The minimum atomic E-state index is -0.468. The van der Waals surface area contributed by atoms with Gasteiger partial charge in [-0.15, -0.1) is 0 Å². The predicted molar refractivity (Wildman–Crippen MR) is 71.1 cm³/mol. The second-order valence-electron chi connectivity index (χ2n) is 4.63. The van der Waals surface area contributed by atoms with E-state index in [0.717, 1.165) is 5.56 Å². The largest absolute Gasteiger partial charge is 0.351 e. The fourth-order valence-electron chi connectivity index (χ4n) is 1.26. The van der Waals surface area contributed by atoms with Crippen molar-refractivity contribution in [2.24, 2.45) is 0 Å². The van der Waals surface area contributed by atoms with E-state index < -0.39 is 5.82 Å². The van der Waals surface area contributed by atoms with Gasteiger partial charge in [0.15, 0.2) is 0 Å². The molecule has 0 radical (unpaired) electrons. The van der Waals surface area contributed by atoms with Crippen molar-refractivity contribution in [1.82, 2.24) is 5.32 Å². The van der Waals surface area contributed by atoms with Gasteiger partial charge in [0.25, 0.3) is 5.91 Å². The van der Waals surface area contributed by atoms with Gasteiger partial charge in [0, 0.05) is 11.3 Å². The maximum absolute atomic E-state index is 13.5. The van der Waals surface area contributed by atoms with Crippen LogP contribution in [0, 0.1) is 12.7 Å². The number of hydrogen-bond acceptors (Lipinski definition) is 2. The van der Waals surface area contributed by atoms with E-state index in [1.54, 1.807) is 24.8 Å². The van der Waals surface area contributed by atoms with Crippen LogP contribution in [-0.4, -0.2) is 23.5 Å². The van der Waals surface area contributed by atoms with Crippen LogP contribution in [0.4, 0.5) is 4.39 Å². The first kappa shape index (κ1) is 14.0. The number of nitrogens with one attached hydrogen (secondary N) is 1. The highest BCUT2D eigenvalue weighted by Crippen LogP contribution is 2.20. The molecule has 0 unspecified atom stereocenters. The van der Waals surface area contributed by atoms with E-state index in [0.29, 0.717) is 6.54 Å². The molecule has 0 spiro atoms. The molecule has 0 aliphatic carbocycles. The normalized spacial score (nSPS) is 11.4. The van der Waals surface area contributed by atoms with Crippen LogP contribution < -0.4 is 5.32 Å². The number of amides is 1. The van der Waals surface area contributed by atoms with Crippen LogP contribution in [0.5, 0.6) is 0 Å². The number of hydrogen-bond donors (Lipinski definition) is 1. The van der Waals surface area contributed by atoms with Crippen LogP contribution in [0.15, 0.2) is 18.2 Å². The molecular weight excluding hydrogens is 237 g/mol. The van der Waals surface area contributed by atoms with Crippen molar-refractivity contribution in [2.75, 3.05) is 12.8 Å². The van der Waals surface area contributed by atoms with Gasteiger partial charge in [0.1, 0.15) is 5.82 Å². The highest BCUT2D eigenvalue weighted by Gasteiger charge is 2.18. The number of thioether (sulfide) groups is 1. The lowest BCUT2D eigenvalue weighted by atomic mass is 10.1. The second-order valence-corrected chi connectivity index (χ2v) is 6.14. The standard InChI is InChI=1S/C13H18FNOS/c1-9-5-6-10(11(14)7-9)12(16)15-8-13(2,3)17-4/h5-7H,8H2,1-4H3,(H,15,16). The van der Waals surface area contributed by atoms with Crippen molar-refractivity contribution in [3.05, 3.63) is 35.1 Å². The monoisotopic (exact) mass is 255 g/mol. The van der Waals surface area contributed by atoms with Crippen molar-refractivity contribution >= 4 is 17.7 Å². The first-order valence-corrected chi connectivity index (χ1v) is 6.68. The summed E-state index contributed by atoms with van der Waals surface area (Å²) in [6, 6.07) is 4.62. The number of rotatable bonds is 4. The number of carbonyl (C=O) groups is 1. The Bertz CT molecular complexity index is 418. The molecule has 0 atom stereocenters. The zero-order chi connectivity index (χ0) is 13.1. The van der Waals surface area contributed by atoms with Gasteiger partial charge in [-0.25, -0.2) is 4.39 Å². The molecule has 2 nitrogen and oxygen atoms in total. The number of aryl methyl sites for hydroxylation is 1. The van der Waals surface area contributed by atoms with Crippen molar-refractivity contribution in [3.8, 4) is 0 Å². The highest BCUT2D eigenvalue weighted by atomic mass is 32.2. The third-order valence-electron chi connectivity index (χ3n) is 2.60. The minimum absolute atomic E-state index is 0.0448. The summed E-state index contributed by atoms with van der Waals surface area (Å²) in [5, 5.41) is 2.75. The Morgan fingerprint density at radius 3 is 2.65 bits per heavy atom. The highest BCUT2D eigenvalue weighted by molar-refractivity contribution is 7.99. The average molecular weight is 255 g/mol. The van der Waals surface area contributed by atoms with Gasteiger partial charge < -0.3 is 5.32 Å². The Balaban J connectivity index is 2.71. The predicted octanol–water partition coefficient (Wildman–Crippen LogP) is 3.01. The number of carbonyl (C=O) groups excluding carboxylic acids is 1. The van der Waals surface area contributed by atoms with Crippen LogP contribution >= 0.6 is 11.8 Å². The Hall–Kier alpha value is -1.03. The van der Waals surface area contributed by atoms with Gasteiger partial charge in [0.05, 0.1) is 5.56 Å². The van der Waals surface area contributed by atoms with Gasteiger partial charge in [-0.05, 0) is 44.7 Å². The summed E-state index contributed by atoms with van der Waals surface area (Å²) in [5.74, 6) is -0.825. The fraction of sp³-hybridized carbons (Fsp3) is 0.462. The van der Waals surface area contributed by atoms with Gasteiger partial charge in [-0.2, -0.15) is 11.8 Å². The Morgan fingerprint density at radius 1 is 1.47 bits per heavy atom. The molecular formula is C13H18FNOS. The summed E-state index contributed by atoms with van der Waals surface area (Å²) >= 11 is 1.66. The smallest absolute Gasteiger partial charge is 0.254 e. The first-order valence-electron chi connectivity index (χ1n) is 5.45. The molecule has 4 heteroatoms. The van der Waals surface area contributed by atoms with Crippen molar-refractivity contribution in [2.45, 2.75) is 25.5 Å². The Kier molecular flexibility index (Phi) is 4.57. The quantitative estimate of drug-likeness (QED) is 0.896. The summed E-state index contributed by atoms with van der Waals surface area (Å²) in [6.07, 6.45) is 1.98. The van der Waals surface area contributed by atoms with E-state index in [4.69, 9.17) is 0 Å². The molecule has 1 N–H and O–H groups in total. The summed E-state index contributed by atoms with van der Waals surface area (Å²) in [6.45, 7) is 6.37. The molecule has 0 aliphatic heterocycles. The van der Waals surface area contributed by atoms with Crippen LogP contribution in [-0.2, 0) is 0 Å². The van der Waals surface area contributed by atoms with E-state index in [9.17, 15) is 9.18 Å². The molecule has 0 aliphatic rings. The molecule has 0 bridgehead atoms. The first-order chi connectivity index (χ1) is 7.85. The summed E-state index contributed by atoms with van der Waals surface area (Å²) in [4.78, 5) is 11.8. The third kappa shape index (κ3) is 4.04. The molecule has 1 rings (SSSR count). The topological polar surface area (TPSA) is 29.1 Å². The lowest BCUT2D eigenvalue weighted by Crippen LogP contribution is -2.36.